The number of nitrogens with zero attached hydrogens (tertiary/aromatic N) is 2. The quantitative estimate of drug-likeness (QED) is 0.0216. The van der Waals surface area contributed by atoms with Gasteiger partial charge in [0.15, 0.2) is 0 Å². The van der Waals surface area contributed by atoms with Crippen molar-refractivity contribution in [2.45, 2.75) is 252 Å². The zero-order chi connectivity index (χ0) is 40.3. The van der Waals surface area contributed by atoms with Crippen molar-refractivity contribution in [3.63, 3.8) is 0 Å². The summed E-state index contributed by atoms with van der Waals surface area (Å²) < 4.78 is 11.5. The molecule has 0 saturated heterocycles. The lowest BCUT2D eigenvalue weighted by atomic mass is 10.0. The van der Waals surface area contributed by atoms with E-state index in [1.54, 1.807) is 0 Å². The normalized spacial score (nSPS) is 11.9. The molecular formula is C47H93N3O5. The number of esters is 2. The van der Waals surface area contributed by atoms with E-state index in [9.17, 15) is 9.59 Å². The molecule has 0 bridgehead atoms. The van der Waals surface area contributed by atoms with Crippen molar-refractivity contribution in [3.05, 3.63) is 0 Å². The monoisotopic (exact) mass is 780 g/mol. The highest BCUT2D eigenvalue weighted by Crippen LogP contribution is 2.19. The smallest absolute Gasteiger partial charge is 0.306 e. The van der Waals surface area contributed by atoms with E-state index in [0.717, 1.165) is 103 Å². The molecule has 0 unspecified atom stereocenters. The second-order valence-electron chi connectivity index (χ2n) is 16.2. The van der Waals surface area contributed by atoms with E-state index in [-0.39, 0.29) is 18.0 Å². The molecule has 0 amide bonds. The number of rotatable bonds is 43. The lowest BCUT2D eigenvalue weighted by molar-refractivity contribution is -0.150. The summed E-state index contributed by atoms with van der Waals surface area (Å²) in [5.41, 5.74) is 0. The van der Waals surface area contributed by atoms with Gasteiger partial charge >= 0.3 is 11.9 Å². The van der Waals surface area contributed by atoms with Gasteiger partial charge in [0.05, 0.1) is 6.61 Å². The molecule has 0 fully saturated rings. The van der Waals surface area contributed by atoms with Gasteiger partial charge in [-0.2, -0.15) is 5.90 Å². The van der Waals surface area contributed by atoms with Crippen molar-refractivity contribution >= 4 is 17.8 Å². The Morgan fingerprint density at radius 3 is 1.38 bits per heavy atom. The minimum atomic E-state index is -0.0324. The van der Waals surface area contributed by atoms with Crippen LogP contribution in [0.25, 0.3) is 0 Å². The topological polar surface area (TPSA) is 103 Å². The highest BCUT2D eigenvalue weighted by atomic mass is 16.6. The first-order chi connectivity index (χ1) is 27.0. The highest BCUT2D eigenvalue weighted by Gasteiger charge is 2.15. The van der Waals surface area contributed by atoms with E-state index in [1.807, 2.05) is 6.92 Å². The van der Waals surface area contributed by atoms with Gasteiger partial charge in [0.1, 0.15) is 6.10 Å². The van der Waals surface area contributed by atoms with Gasteiger partial charge in [0.2, 0.25) is 5.90 Å². The maximum absolute atomic E-state index is 12.8. The highest BCUT2D eigenvalue weighted by molar-refractivity contribution is 5.75. The average Bonchev–Trinajstić information content (AvgIpc) is 3.18. The van der Waals surface area contributed by atoms with Crippen molar-refractivity contribution in [3.8, 4) is 0 Å². The summed E-state index contributed by atoms with van der Waals surface area (Å²) in [6, 6.07) is 0. The van der Waals surface area contributed by atoms with Crippen LogP contribution in [0.1, 0.15) is 246 Å². The number of hydrogen-bond acceptors (Lipinski definition) is 8. The molecule has 0 atom stereocenters. The molecule has 55 heavy (non-hydrogen) atoms. The molecular weight excluding hydrogens is 687 g/mol. The summed E-state index contributed by atoms with van der Waals surface area (Å²) in [6.45, 7) is 13.0. The third-order valence-corrected chi connectivity index (χ3v) is 10.9. The largest absolute Gasteiger partial charge is 0.466 e. The van der Waals surface area contributed by atoms with E-state index in [0.29, 0.717) is 31.9 Å². The van der Waals surface area contributed by atoms with Gasteiger partial charge in [-0.3, -0.25) is 14.6 Å². The van der Waals surface area contributed by atoms with E-state index in [1.165, 1.54) is 122 Å². The van der Waals surface area contributed by atoms with E-state index >= 15 is 0 Å². The standard InChI is InChI=1S/C47H93N3O5/c1-5-9-12-15-18-27-34-43-53-46(51)37-30-23-19-25-32-40-50(42-39-45(55-48)49-8-4)41-33-26-20-24-31-38-47(52)54-44(35-28-21-16-13-10-6-2)36-29-22-17-14-11-7-3/h44H,5-43,48H2,1-4H3. The molecule has 8 heteroatoms. The van der Waals surface area contributed by atoms with Gasteiger partial charge in [-0.25, -0.2) is 0 Å². The Bertz CT molecular complexity index is 838. The molecule has 0 saturated carbocycles. The van der Waals surface area contributed by atoms with Gasteiger partial charge < -0.3 is 19.2 Å². The number of carbonyl (C=O) groups excluding carboxylic acids is 2. The molecule has 0 aromatic heterocycles. The Labute approximate surface area is 341 Å². The molecule has 0 aromatic rings. The van der Waals surface area contributed by atoms with Gasteiger partial charge in [-0.05, 0) is 77.8 Å². The number of aliphatic imine (C=N–C) groups is 1. The van der Waals surface area contributed by atoms with Gasteiger partial charge in [-0.1, -0.05) is 162 Å². The predicted octanol–water partition coefficient (Wildman–Crippen LogP) is 13.4. The number of ether oxygens (including phenoxy) is 2. The first-order valence-electron chi connectivity index (χ1n) is 24.0. The van der Waals surface area contributed by atoms with Crippen molar-refractivity contribution < 1.29 is 23.9 Å². The van der Waals surface area contributed by atoms with Crippen LogP contribution < -0.4 is 5.90 Å². The average molecular weight is 780 g/mol. The Hall–Kier alpha value is -1.67. The number of carbonyl (C=O) groups is 2. The third kappa shape index (κ3) is 39.0. The van der Waals surface area contributed by atoms with Crippen LogP contribution in [0.2, 0.25) is 0 Å². The molecule has 0 spiro atoms. The zero-order valence-electron chi connectivity index (χ0n) is 37.2. The fourth-order valence-corrected chi connectivity index (χ4v) is 7.34. The molecule has 0 aliphatic rings. The SMILES string of the molecule is CCCCCCCCCOC(=O)CCCCCCCN(CCCCCCCC(=O)OC(CCCCCCCC)CCCCCCCC)CCC(=NCC)ON. The van der Waals surface area contributed by atoms with Crippen LogP contribution in [0.5, 0.6) is 0 Å². The molecule has 0 heterocycles. The predicted molar refractivity (Wildman–Crippen MR) is 235 cm³/mol. The number of unbranched alkanes of at least 4 members (excludes halogenated alkanes) is 24. The molecule has 0 aromatic carbocycles. The maximum atomic E-state index is 12.8. The van der Waals surface area contributed by atoms with Gasteiger partial charge in [-0.15, -0.1) is 0 Å². The molecule has 0 aliphatic heterocycles. The summed E-state index contributed by atoms with van der Waals surface area (Å²) in [7, 11) is 0. The van der Waals surface area contributed by atoms with E-state index in [4.69, 9.17) is 20.2 Å². The Morgan fingerprint density at radius 1 is 0.491 bits per heavy atom. The molecule has 0 aliphatic carbocycles. The Balaban J connectivity index is 4.34. The first-order valence-corrected chi connectivity index (χ1v) is 24.0. The van der Waals surface area contributed by atoms with Crippen LogP contribution in [-0.2, 0) is 23.9 Å². The number of nitrogens with two attached hydrogens (primary N) is 1. The minimum absolute atomic E-state index is 0.0125. The van der Waals surface area contributed by atoms with Crippen LogP contribution in [0.15, 0.2) is 4.99 Å². The van der Waals surface area contributed by atoms with E-state index < -0.39 is 0 Å². The molecule has 0 radical (unpaired) electrons. The molecule has 2 N–H and O–H groups in total. The van der Waals surface area contributed by atoms with Crippen LogP contribution in [0, 0.1) is 0 Å². The molecule has 0 rings (SSSR count). The van der Waals surface area contributed by atoms with Crippen molar-refractivity contribution in [1.29, 1.82) is 0 Å². The van der Waals surface area contributed by atoms with Crippen molar-refractivity contribution in [1.82, 2.24) is 4.90 Å². The van der Waals surface area contributed by atoms with Crippen molar-refractivity contribution in [2.24, 2.45) is 10.9 Å². The van der Waals surface area contributed by atoms with Gasteiger partial charge in [0, 0.05) is 32.4 Å². The van der Waals surface area contributed by atoms with E-state index in [2.05, 4.69) is 30.7 Å². The van der Waals surface area contributed by atoms with Crippen LogP contribution in [0.4, 0.5) is 0 Å². The fraction of sp³-hybridized carbons (Fsp3) is 0.936. The molecule has 8 nitrogen and oxygen atoms in total. The zero-order valence-corrected chi connectivity index (χ0v) is 37.2. The summed E-state index contributed by atoms with van der Waals surface area (Å²) in [5, 5.41) is 0. The lowest BCUT2D eigenvalue weighted by Gasteiger charge is -2.22. The fourth-order valence-electron chi connectivity index (χ4n) is 7.34. The summed E-state index contributed by atoms with van der Waals surface area (Å²) in [5.74, 6) is 6.08. The second kappa shape index (κ2) is 43.5. The summed E-state index contributed by atoms with van der Waals surface area (Å²) in [6.07, 6.45) is 38.9. The van der Waals surface area contributed by atoms with Crippen molar-refractivity contribution in [2.75, 3.05) is 32.8 Å². The summed E-state index contributed by atoms with van der Waals surface area (Å²) in [4.78, 5) is 36.8. The molecule has 326 valence electrons. The number of hydrogen-bond donors (Lipinski definition) is 1. The van der Waals surface area contributed by atoms with Crippen LogP contribution in [0.3, 0.4) is 0 Å². The minimum Gasteiger partial charge on any atom is -0.466 e. The summed E-state index contributed by atoms with van der Waals surface area (Å²) >= 11 is 0. The second-order valence-corrected chi connectivity index (χ2v) is 16.2. The third-order valence-electron chi connectivity index (χ3n) is 10.9. The van der Waals surface area contributed by atoms with Crippen LogP contribution in [-0.4, -0.2) is 61.6 Å². The maximum Gasteiger partial charge on any atom is 0.306 e. The Kier molecular flexibility index (Phi) is 42.1. The van der Waals surface area contributed by atoms with Gasteiger partial charge in [0.25, 0.3) is 0 Å². The lowest BCUT2D eigenvalue weighted by Crippen LogP contribution is -2.29. The van der Waals surface area contributed by atoms with Crippen LogP contribution >= 0.6 is 0 Å². The first kappa shape index (κ1) is 53.3. The Morgan fingerprint density at radius 2 is 0.909 bits per heavy atom.